The summed E-state index contributed by atoms with van der Waals surface area (Å²) in [6.45, 7) is 7.41. The number of anilines is 1. The van der Waals surface area contributed by atoms with E-state index in [1.165, 1.54) is 12.8 Å². The molecule has 2 amide bonds. The van der Waals surface area contributed by atoms with E-state index in [1.807, 2.05) is 19.2 Å². The molecule has 1 aliphatic heterocycles. The second kappa shape index (κ2) is 11.1. The van der Waals surface area contributed by atoms with E-state index < -0.39 is 0 Å². The van der Waals surface area contributed by atoms with Crippen molar-refractivity contribution < 1.29 is 19.1 Å². The molecule has 2 aliphatic carbocycles. The van der Waals surface area contributed by atoms with Gasteiger partial charge in [-0.1, -0.05) is 19.8 Å². The van der Waals surface area contributed by atoms with Crippen molar-refractivity contribution in [2.45, 2.75) is 64.5 Å². The van der Waals surface area contributed by atoms with Gasteiger partial charge in [-0.15, -0.1) is 0 Å². The number of amides is 2. The molecular weight excluding hydrogens is 430 g/mol. The first kappa shape index (κ1) is 25.0. The number of rotatable bonds is 5. The molecule has 4 rings (SSSR count). The Bertz CT molecular complexity index is 865. The lowest BCUT2D eigenvalue weighted by Gasteiger charge is -2.36. The zero-order valence-corrected chi connectivity index (χ0v) is 21.2. The summed E-state index contributed by atoms with van der Waals surface area (Å²) < 4.78 is 12.1. The lowest BCUT2D eigenvalue weighted by atomic mass is 10.0. The van der Waals surface area contributed by atoms with Crippen molar-refractivity contribution in [3.05, 3.63) is 23.8 Å². The number of nitrogens with zero attached hydrogens (tertiary/aromatic N) is 2. The summed E-state index contributed by atoms with van der Waals surface area (Å²) in [4.78, 5) is 30.4. The number of carbonyl (C=O) groups is 2. The first-order chi connectivity index (χ1) is 16.4. The van der Waals surface area contributed by atoms with Crippen LogP contribution >= 0.6 is 0 Å². The fourth-order valence-electron chi connectivity index (χ4n) is 5.25. The van der Waals surface area contributed by atoms with Crippen molar-refractivity contribution in [1.29, 1.82) is 0 Å². The monoisotopic (exact) mass is 471 g/mol. The van der Waals surface area contributed by atoms with Crippen molar-refractivity contribution >= 4 is 17.5 Å². The highest BCUT2D eigenvalue weighted by atomic mass is 16.5. The predicted octanol–water partition coefficient (Wildman–Crippen LogP) is 4.03. The van der Waals surface area contributed by atoms with E-state index in [-0.39, 0.29) is 35.8 Å². The van der Waals surface area contributed by atoms with Gasteiger partial charge in [-0.3, -0.25) is 14.5 Å². The molecule has 0 radical (unpaired) electrons. The van der Waals surface area contributed by atoms with Gasteiger partial charge in [0.1, 0.15) is 12.4 Å². The van der Waals surface area contributed by atoms with Crippen LogP contribution in [0, 0.1) is 17.8 Å². The van der Waals surface area contributed by atoms with Crippen LogP contribution in [0.3, 0.4) is 0 Å². The van der Waals surface area contributed by atoms with Gasteiger partial charge in [-0.25, -0.2) is 0 Å². The molecule has 0 bridgehead atoms. The summed E-state index contributed by atoms with van der Waals surface area (Å²) in [5.74, 6) is 1.62. The third-order valence-corrected chi connectivity index (χ3v) is 7.76. The van der Waals surface area contributed by atoms with Gasteiger partial charge in [-0.05, 0) is 62.6 Å². The summed E-state index contributed by atoms with van der Waals surface area (Å²) >= 11 is 0. The molecule has 0 unspecified atom stereocenters. The van der Waals surface area contributed by atoms with Crippen molar-refractivity contribution in [1.82, 2.24) is 9.80 Å². The third kappa shape index (κ3) is 6.11. The van der Waals surface area contributed by atoms with Gasteiger partial charge in [0.2, 0.25) is 5.91 Å². The molecular formula is C27H41N3O4. The number of fused-ring (bicyclic) bond motifs is 1. The molecule has 0 spiro atoms. The van der Waals surface area contributed by atoms with Crippen molar-refractivity contribution in [2.75, 3.05) is 45.7 Å². The molecule has 3 atom stereocenters. The van der Waals surface area contributed by atoms with Gasteiger partial charge >= 0.3 is 0 Å². The van der Waals surface area contributed by atoms with Crippen LogP contribution in [0.2, 0.25) is 0 Å². The molecule has 0 aromatic heterocycles. The zero-order chi connectivity index (χ0) is 24.2. The second-order valence-electron chi connectivity index (χ2n) is 10.7. The van der Waals surface area contributed by atoms with Crippen LogP contribution in [0.1, 0.15) is 62.7 Å². The predicted molar refractivity (Wildman–Crippen MR) is 133 cm³/mol. The standard InChI is InChI=1S/C27H41N3O4/c1-18-14-30(15-20-9-10-20)19(2)17-34-24-12-11-22(28-26(31)21-7-5-6-8-21)13-23(24)27(32)29(3)16-25(18)33-4/h11-13,18-21,25H,5-10,14-17H2,1-4H3,(H,28,31)/t18-,19-,25+/m0/s1. The molecule has 3 aliphatic rings. The summed E-state index contributed by atoms with van der Waals surface area (Å²) in [6.07, 6.45) is 6.64. The van der Waals surface area contributed by atoms with Gasteiger partial charge in [-0.2, -0.15) is 0 Å². The summed E-state index contributed by atoms with van der Waals surface area (Å²) in [7, 11) is 3.54. The molecule has 1 heterocycles. The van der Waals surface area contributed by atoms with E-state index in [9.17, 15) is 9.59 Å². The smallest absolute Gasteiger partial charge is 0.257 e. The summed E-state index contributed by atoms with van der Waals surface area (Å²) in [5, 5.41) is 3.03. The highest BCUT2D eigenvalue weighted by Gasteiger charge is 2.32. The maximum absolute atomic E-state index is 13.5. The normalized spacial score (nSPS) is 27.5. The SMILES string of the molecule is CO[C@@H]1CN(C)C(=O)c2cc(NC(=O)C3CCCC3)ccc2OC[C@H](C)N(CC2CC2)C[C@@H]1C. The fourth-order valence-corrected chi connectivity index (χ4v) is 5.25. The number of nitrogens with one attached hydrogen (secondary N) is 1. The topological polar surface area (TPSA) is 71.1 Å². The van der Waals surface area contributed by atoms with Crippen LogP contribution in [-0.4, -0.2) is 74.2 Å². The van der Waals surface area contributed by atoms with E-state index in [4.69, 9.17) is 9.47 Å². The number of likely N-dealkylation sites (N-methyl/N-ethyl adjacent to an activating group) is 1. The van der Waals surface area contributed by atoms with Gasteiger partial charge in [0.25, 0.3) is 5.91 Å². The van der Waals surface area contributed by atoms with Gasteiger partial charge in [0.05, 0.1) is 11.7 Å². The Kier molecular flexibility index (Phi) is 8.14. The Labute approximate surface area is 204 Å². The van der Waals surface area contributed by atoms with Crippen LogP contribution in [0.15, 0.2) is 18.2 Å². The molecule has 1 N–H and O–H groups in total. The van der Waals surface area contributed by atoms with E-state index in [0.717, 1.165) is 44.7 Å². The highest BCUT2D eigenvalue weighted by Crippen LogP contribution is 2.32. The molecule has 0 saturated heterocycles. The Morgan fingerprint density at radius 3 is 2.56 bits per heavy atom. The van der Waals surface area contributed by atoms with Crippen LogP contribution < -0.4 is 10.1 Å². The largest absolute Gasteiger partial charge is 0.491 e. The fraction of sp³-hybridized carbons (Fsp3) is 0.704. The van der Waals surface area contributed by atoms with Crippen LogP contribution in [0.5, 0.6) is 5.75 Å². The number of benzene rings is 1. The lowest BCUT2D eigenvalue weighted by molar-refractivity contribution is -0.119. The lowest BCUT2D eigenvalue weighted by Crippen LogP contribution is -2.47. The third-order valence-electron chi connectivity index (χ3n) is 7.76. The minimum Gasteiger partial charge on any atom is -0.491 e. The molecule has 1 aromatic rings. The van der Waals surface area contributed by atoms with Gasteiger partial charge in [0, 0.05) is 51.4 Å². The minimum atomic E-state index is -0.121. The second-order valence-corrected chi connectivity index (χ2v) is 10.7. The van der Waals surface area contributed by atoms with E-state index in [2.05, 4.69) is 24.1 Å². The number of hydrogen-bond acceptors (Lipinski definition) is 5. The molecule has 2 saturated carbocycles. The van der Waals surface area contributed by atoms with Crippen LogP contribution in [0.25, 0.3) is 0 Å². The minimum absolute atomic E-state index is 0.0462. The average molecular weight is 472 g/mol. The Morgan fingerprint density at radius 1 is 1.15 bits per heavy atom. The maximum atomic E-state index is 13.5. The van der Waals surface area contributed by atoms with E-state index >= 15 is 0 Å². The average Bonchev–Trinajstić information content (AvgIpc) is 3.47. The first-order valence-electron chi connectivity index (χ1n) is 13.0. The maximum Gasteiger partial charge on any atom is 0.257 e. The number of carbonyl (C=O) groups excluding carboxylic acids is 2. The molecule has 188 valence electrons. The first-order valence-corrected chi connectivity index (χ1v) is 13.0. The Hall–Kier alpha value is -2.12. The Morgan fingerprint density at radius 2 is 1.88 bits per heavy atom. The molecule has 2 fully saturated rings. The summed E-state index contributed by atoms with van der Waals surface area (Å²) in [6, 6.07) is 5.66. The van der Waals surface area contributed by atoms with Crippen LogP contribution in [-0.2, 0) is 9.53 Å². The van der Waals surface area contributed by atoms with E-state index in [0.29, 0.717) is 30.2 Å². The molecule has 7 heteroatoms. The van der Waals surface area contributed by atoms with Gasteiger partial charge in [0.15, 0.2) is 0 Å². The number of hydrogen-bond donors (Lipinski definition) is 1. The van der Waals surface area contributed by atoms with Crippen molar-refractivity contribution in [2.24, 2.45) is 17.8 Å². The van der Waals surface area contributed by atoms with Gasteiger partial charge < -0.3 is 19.7 Å². The quantitative estimate of drug-likeness (QED) is 0.702. The molecule has 34 heavy (non-hydrogen) atoms. The Balaban J connectivity index is 1.58. The van der Waals surface area contributed by atoms with E-state index in [1.54, 1.807) is 18.1 Å². The number of methoxy groups -OCH3 is 1. The summed E-state index contributed by atoms with van der Waals surface area (Å²) in [5.41, 5.74) is 1.13. The zero-order valence-electron chi connectivity index (χ0n) is 21.2. The molecule has 1 aromatic carbocycles. The number of ether oxygens (including phenoxy) is 2. The molecule has 7 nitrogen and oxygen atoms in total. The highest BCUT2D eigenvalue weighted by molar-refractivity contribution is 5.99. The van der Waals surface area contributed by atoms with Crippen molar-refractivity contribution in [3.63, 3.8) is 0 Å². The van der Waals surface area contributed by atoms with Crippen LogP contribution in [0.4, 0.5) is 5.69 Å². The van der Waals surface area contributed by atoms with Crippen molar-refractivity contribution in [3.8, 4) is 5.75 Å².